The quantitative estimate of drug-likeness (QED) is 0.879. The number of benzene rings is 1. The fourth-order valence-corrected chi connectivity index (χ4v) is 3.21. The minimum Gasteiger partial charge on any atom is -0.490 e. The summed E-state index contributed by atoms with van der Waals surface area (Å²) in [6.07, 6.45) is 1.90. The number of nitrogens with one attached hydrogen (secondary N) is 1. The zero-order valence-electron chi connectivity index (χ0n) is 14.5. The highest BCUT2D eigenvalue weighted by molar-refractivity contribution is 5.94. The van der Waals surface area contributed by atoms with E-state index in [1.54, 1.807) is 0 Å². The summed E-state index contributed by atoms with van der Waals surface area (Å²) in [4.78, 5) is 14.8. The van der Waals surface area contributed by atoms with E-state index in [9.17, 15) is 4.79 Å². The molecule has 0 aliphatic carbocycles. The number of nitrogens with zero attached hydrogens (tertiary/aromatic N) is 1. The van der Waals surface area contributed by atoms with Gasteiger partial charge in [0, 0.05) is 24.7 Å². The largest absolute Gasteiger partial charge is 0.490 e. The van der Waals surface area contributed by atoms with Crippen molar-refractivity contribution in [2.24, 2.45) is 11.1 Å². The summed E-state index contributed by atoms with van der Waals surface area (Å²) >= 11 is 0. The number of amides is 1. The average molecular weight is 333 g/mol. The standard InChI is InChI=1S/C18H27N3O3/c1-13(21-7-6-18(2,11-19)12-21)17(22)20-14-4-5-15-16(10-14)24-9-3-8-23-15/h4-5,10,13H,3,6-9,11-12,19H2,1-2H3,(H,20,22). The van der Waals surface area contributed by atoms with Gasteiger partial charge in [0.1, 0.15) is 0 Å². The van der Waals surface area contributed by atoms with Crippen LogP contribution in [0.2, 0.25) is 0 Å². The number of carbonyl (C=O) groups is 1. The topological polar surface area (TPSA) is 76.8 Å². The van der Waals surface area contributed by atoms with E-state index in [-0.39, 0.29) is 17.4 Å². The van der Waals surface area contributed by atoms with Crippen molar-refractivity contribution in [3.8, 4) is 11.5 Å². The van der Waals surface area contributed by atoms with E-state index >= 15 is 0 Å². The lowest BCUT2D eigenvalue weighted by atomic mass is 9.90. The van der Waals surface area contributed by atoms with Crippen molar-refractivity contribution in [1.82, 2.24) is 4.90 Å². The van der Waals surface area contributed by atoms with Gasteiger partial charge in [0.25, 0.3) is 0 Å². The van der Waals surface area contributed by atoms with Gasteiger partial charge in [-0.2, -0.15) is 0 Å². The van der Waals surface area contributed by atoms with Crippen LogP contribution in [-0.2, 0) is 4.79 Å². The number of rotatable bonds is 4. The van der Waals surface area contributed by atoms with Gasteiger partial charge in [0.2, 0.25) is 5.91 Å². The van der Waals surface area contributed by atoms with Crippen molar-refractivity contribution in [3.05, 3.63) is 18.2 Å². The molecule has 1 aromatic rings. The number of nitrogens with two attached hydrogens (primary N) is 1. The summed E-state index contributed by atoms with van der Waals surface area (Å²) < 4.78 is 11.3. The molecule has 2 aliphatic heterocycles. The third-order valence-corrected chi connectivity index (χ3v) is 5.02. The van der Waals surface area contributed by atoms with Gasteiger partial charge in [0.15, 0.2) is 11.5 Å². The van der Waals surface area contributed by atoms with E-state index in [0.29, 0.717) is 25.5 Å². The maximum Gasteiger partial charge on any atom is 0.241 e. The normalized spacial score (nSPS) is 25.1. The number of hydrogen-bond acceptors (Lipinski definition) is 5. The Hall–Kier alpha value is -1.79. The molecular formula is C18H27N3O3. The number of hydrogen-bond donors (Lipinski definition) is 2. The molecule has 0 bridgehead atoms. The predicted octanol–water partition coefficient (Wildman–Crippen LogP) is 1.85. The van der Waals surface area contributed by atoms with Crippen molar-refractivity contribution in [2.45, 2.75) is 32.7 Å². The molecule has 1 fully saturated rings. The lowest BCUT2D eigenvalue weighted by molar-refractivity contribution is -0.120. The monoisotopic (exact) mass is 333 g/mol. The third-order valence-electron chi connectivity index (χ3n) is 5.02. The Balaban J connectivity index is 1.63. The first-order valence-electron chi connectivity index (χ1n) is 8.65. The summed E-state index contributed by atoms with van der Waals surface area (Å²) in [7, 11) is 0. The molecule has 1 amide bonds. The van der Waals surface area contributed by atoms with Crippen LogP contribution in [0.15, 0.2) is 18.2 Å². The molecule has 132 valence electrons. The van der Waals surface area contributed by atoms with Crippen LogP contribution in [0, 0.1) is 5.41 Å². The first-order valence-corrected chi connectivity index (χ1v) is 8.65. The van der Waals surface area contributed by atoms with Gasteiger partial charge < -0.3 is 20.5 Å². The highest BCUT2D eigenvalue weighted by Crippen LogP contribution is 2.33. The third kappa shape index (κ3) is 3.65. The van der Waals surface area contributed by atoms with Crippen molar-refractivity contribution < 1.29 is 14.3 Å². The van der Waals surface area contributed by atoms with Crippen LogP contribution in [-0.4, -0.2) is 49.7 Å². The molecule has 0 spiro atoms. The Morgan fingerprint density at radius 1 is 1.38 bits per heavy atom. The summed E-state index contributed by atoms with van der Waals surface area (Å²) in [5.41, 5.74) is 6.70. The lowest BCUT2D eigenvalue weighted by Gasteiger charge is -2.26. The Morgan fingerprint density at radius 2 is 2.12 bits per heavy atom. The summed E-state index contributed by atoms with van der Waals surface area (Å²) in [6, 6.07) is 5.35. The summed E-state index contributed by atoms with van der Waals surface area (Å²) in [5.74, 6) is 1.41. The van der Waals surface area contributed by atoms with Crippen LogP contribution in [0.3, 0.4) is 0 Å². The van der Waals surface area contributed by atoms with Crippen molar-refractivity contribution in [1.29, 1.82) is 0 Å². The van der Waals surface area contributed by atoms with Gasteiger partial charge in [-0.3, -0.25) is 9.69 Å². The number of carbonyl (C=O) groups excluding carboxylic acids is 1. The lowest BCUT2D eigenvalue weighted by Crippen LogP contribution is -2.42. The molecule has 2 atom stereocenters. The smallest absolute Gasteiger partial charge is 0.241 e. The molecule has 6 heteroatoms. The van der Waals surface area contributed by atoms with Gasteiger partial charge >= 0.3 is 0 Å². The molecule has 6 nitrogen and oxygen atoms in total. The molecule has 2 heterocycles. The maximum atomic E-state index is 12.6. The van der Waals surface area contributed by atoms with Crippen LogP contribution < -0.4 is 20.5 Å². The summed E-state index contributed by atoms with van der Waals surface area (Å²) in [6.45, 7) is 7.83. The van der Waals surface area contributed by atoms with Crippen LogP contribution in [0.25, 0.3) is 0 Å². The fourth-order valence-electron chi connectivity index (χ4n) is 3.21. The van der Waals surface area contributed by atoms with Gasteiger partial charge in [-0.25, -0.2) is 0 Å². The molecule has 0 aromatic heterocycles. The van der Waals surface area contributed by atoms with Crippen molar-refractivity contribution in [3.63, 3.8) is 0 Å². The Bertz CT molecular complexity index is 607. The molecule has 0 radical (unpaired) electrons. The van der Waals surface area contributed by atoms with E-state index in [1.807, 2.05) is 25.1 Å². The molecule has 1 aromatic carbocycles. The highest BCUT2D eigenvalue weighted by Gasteiger charge is 2.36. The number of anilines is 1. The first kappa shape index (κ1) is 17.0. The molecule has 2 unspecified atom stereocenters. The average Bonchev–Trinajstić information content (AvgIpc) is 2.83. The van der Waals surface area contributed by atoms with E-state index in [1.165, 1.54) is 0 Å². The second-order valence-electron chi connectivity index (χ2n) is 7.11. The molecule has 2 aliphatic rings. The Morgan fingerprint density at radius 3 is 2.83 bits per heavy atom. The minimum atomic E-state index is -0.186. The van der Waals surface area contributed by atoms with Crippen LogP contribution in [0.5, 0.6) is 11.5 Å². The SMILES string of the molecule is CC(C(=O)Nc1ccc2c(c1)OCCCO2)N1CCC(C)(CN)C1. The maximum absolute atomic E-state index is 12.6. The predicted molar refractivity (Wildman–Crippen MR) is 93.5 cm³/mol. The van der Waals surface area contributed by atoms with E-state index in [2.05, 4.69) is 17.1 Å². The molecule has 1 saturated heterocycles. The van der Waals surface area contributed by atoms with Crippen molar-refractivity contribution in [2.75, 3.05) is 38.2 Å². The molecule has 3 rings (SSSR count). The summed E-state index contributed by atoms with van der Waals surface area (Å²) in [5, 5.41) is 2.99. The second kappa shape index (κ2) is 6.99. The molecular weight excluding hydrogens is 306 g/mol. The first-order chi connectivity index (χ1) is 11.5. The van der Waals surface area contributed by atoms with Crippen LogP contribution in [0.4, 0.5) is 5.69 Å². The number of fused-ring (bicyclic) bond motifs is 1. The molecule has 0 saturated carbocycles. The van der Waals surface area contributed by atoms with Crippen LogP contribution in [0.1, 0.15) is 26.7 Å². The zero-order chi connectivity index (χ0) is 17.2. The molecule has 3 N–H and O–H groups in total. The van der Waals surface area contributed by atoms with Crippen LogP contribution >= 0.6 is 0 Å². The molecule has 24 heavy (non-hydrogen) atoms. The Kier molecular flexibility index (Phi) is 4.96. The fraction of sp³-hybridized carbons (Fsp3) is 0.611. The number of likely N-dealkylation sites (tertiary alicyclic amines) is 1. The highest BCUT2D eigenvalue weighted by atomic mass is 16.5. The minimum absolute atomic E-state index is 0.00855. The van der Waals surface area contributed by atoms with E-state index in [0.717, 1.165) is 37.4 Å². The number of ether oxygens (including phenoxy) is 2. The van der Waals surface area contributed by atoms with Gasteiger partial charge in [-0.05, 0) is 44.0 Å². The Labute approximate surface area is 143 Å². The van der Waals surface area contributed by atoms with E-state index in [4.69, 9.17) is 15.2 Å². The van der Waals surface area contributed by atoms with E-state index < -0.39 is 0 Å². The van der Waals surface area contributed by atoms with Gasteiger partial charge in [0.05, 0.1) is 19.3 Å². The van der Waals surface area contributed by atoms with Gasteiger partial charge in [-0.1, -0.05) is 6.92 Å². The zero-order valence-corrected chi connectivity index (χ0v) is 14.5. The second-order valence-corrected chi connectivity index (χ2v) is 7.11. The van der Waals surface area contributed by atoms with Gasteiger partial charge in [-0.15, -0.1) is 0 Å². The van der Waals surface area contributed by atoms with Crippen molar-refractivity contribution >= 4 is 11.6 Å².